The summed E-state index contributed by atoms with van der Waals surface area (Å²) in [5, 5.41) is 0. The normalized spacial score (nSPS) is 27.7. The molecule has 1 saturated heterocycles. The van der Waals surface area contributed by atoms with Crippen molar-refractivity contribution in [1.82, 2.24) is 4.90 Å². The van der Waals surface area contributed by atoms with Crippen LogP contribution in [0.15, 0.2) is 18.2 Å². The second kappa shape index (κ2) is 4.64. The molecule has 0 bridgehead atoms. The number of amides is 1. The van der Waals surface area contributed by atoms with Crippen LogP contribution in [0.25, 0.3) is 0 Å². The van der Waals surface area contributed by atoms with Crippen molar-refractivity contribution in [2.24, 2.45) is 5.73 Å². The van der Waals surface area contributed by atoms with E-state index >= 15 is 0 Å². The number of aryl methyl sites for hydroxylation is 2. The minimum absolute atomic E-state index is 0.0683. The first-order chi connectivity index (χ1) is 9.08. The van der Waals surface area contributed by atoms with E-state index in [9.17, 15) is 4.79 Å². The van der Waals surface area contributed by atoms with E-state index in [0.717, 1.165) is 19.3 Å². The molecule has 1 heterocycles. The molecule has 3 nitrogen and oxygen atoms in total. The number of nitrogens with two attached hydrogens (primary N) is 1. The first kappa shape index (κ1) is 12.7. The Bertz CT molecular complexity index is 507. The second-order valence-electron chi connectivity index (χ2n) is 6.04. The van der Waals surface area contributed by atoms with Crippen LogP contribution in [0.2, 0.25) is 0 Å². The predicted molar refractivity (Wildman–Crippen MR) is 75.7 cm³/mol. The second-order valence-corrected chi connectivity index (χ2v) is 6.04. The molecule has 2 aliphatic rings. The van der Waals surface area contributed by atoms with E-state index in [4.69, 9.17) is 5.73 Å². The summed E-state index contributed by atoms with van der Waals surface area (Å²) in [6, 6.07) is 7.04. The molecule has 3 rings (SSSR count). The SMILES string of the molecule is Cc1ccc(C)c(C2C(N)CCC(=O)N2C2CC2)c1. The van der Waals surface area contributed by atoms with Crippen LogP contribution in [0.4, 0.5) is 0 Å². The van der Waals surface area contributed by atoms with E-state index in [-0.39, 0.29) is 18.0 Å². The highest BCUT2D eigenvalue weighted by Gasteiger charge is 2.43. The van der Waals surface area contributed by atoms with Gasteiger partial charge in [0, 0.05) is 18.5 Å². The molecule has 1 aliphatic carbocycles. The zero-order valence-electron chi connectivity index (χ0n) is 11.7. The third kappa shape index (κ3) is 2.27. The van der Waals surface area contributed by atoms with Gasteiger partial charge in [-0.15, -0.1) is 0 Å². The van der Waals surface area contributed by atoms with Crippen LogP contribution in [0.5, 0.6) is 0 Å². The summed E-state index contributed by atoms with van der Waals surface area (Å²) < 4.78 is 0. The molecule has 0 radical (unpaired) electrons. The zero-order valence-corrected chi connectivity index (χ0v) is 11.7. The van der Waals surface area contributed by atoms with E-state index in [1.54, 1.807) is 0 Å². The minimum atomic E-state index is 0.0683. The quantitative estimate of drug-likeness (QED) is 0.885. The topological polar surface area (TPSA) is 46.3 Å². The van der Waals surface area contributed by atoms with Gasteiger partial charge in [0.05, 0.1) is 6.04 Å². The van der Waals surface area contributed by atoms with Crippen molar-refractivity contribution in [2.75, 3.05) is 0 Å². The van der Waals surface area contributed by atoms with Crippen molar-refractivity contribution in [3.05, 3.63) is 34.9 Å². The molecule has 19 heavy (non-hydrogen) atoms. The van der Waals surface area contributed by atoms with Crippen LogP contribution >= 0.6 is 0 Å². The highest BCUT2D eigenvalue weighted by molar-refractivity contribution is 5.78. The Kier molecular flexibility index (Phi) is 3.09. The average Bonchev–Trinajstić information content (AvgIpc) is 3.19. The molecule has 102 valence electrons. The fraction of sp³-hybridized carbons (Fsp3) is 0.562. The predicted octanol–water partition coefficient (Wildman–Crippen LogP) is 2.46. The summed E-state index contributed by atoms with van der Waals surface area (Å²) in [5.74, 6) is 0.287. The Morgan fingerprint density at radius 1 is 1.21 bits per heavy atom. The van der Waals surface area contributed by atoms with Gasteiger partial charge in [0.2, 0.25) is 5.91 Å². The van der Waals surface area contributed by atoms with Crippen molar-refractivity contribution in [3.63, 3.8) is 0 Å². The van der Waals surface area contributed by atoms with Gasteiger partial charge in [0.15, 0.2) is 0 Å². The number of likely N-dealkylation sites (tertiary alicyclic amines) is 1. The Morgan fingerprint density at radius 2 is 1.95 bits per heavy atom. The smallest absolute Gasteiger partial charge is 0.223 e. The number of piperidine rings is 1. The minimum Gasteiger partial charge on any atom is -0.331 e. The molecule has 1 saturated carbocycles. The fourth-order valence-electron chi connectivity index (χ4n) is 3.18. The summed E-state index contributed by atoms with van der Waals surface area (Å²) >= 11 is 0. The van der Waals surface area contributed by atoms with Crippen LogP contribution in [0.3, 0.4) is 0 Å². The van der Waals surface area contributed by atoms with E-state index < -0.39 is 0 Å². The molecule has 1 aromatic rings. The number of hydrogen-bond acceptors (Lipinski definition) is 2. The van der Waals surface area contributed by atoms with E-state index in [1.807, 2.05) is 0 Å². The molecule has 0 aromatic heterocycles. The first-order valence-corrected chi connectivity index (χ1v) is 7.22. The van der Waals surface area contributed by atoms with E-state index in [1.165, 1.54) is 16.7 Å². The van der Waals surface area contributed by atoms with Crippen molar-refractivity contribution in [2.45, 2.75) is 57.7 Å². The zero-order chi connectivity index (χ0) is 13.6. The lowest BCUT2D eigenvalue weighted by Gasteiger charge is -2.41. The van der Waals surface area contributed by atoms with Gasteiger partial charge in [-0.2, -0.15) is 0 Å². The van der Waals surface area contributed by atoms with E-state index in [0.29, 0.717) is 12.5 Å². The number of benzene rings is 1. The number of carbonyl (C=O) groups is 1. The molecule has 2 fully saturated rings. The van der Waals surface area contributed by atoms with Crippen molar-refractivity contribution in [1.29, 1.82) is 0 Å². The monoisotopic (exact) mass is 258 g/mol. The van der Waals surface area contributed by atoms with Crippen LogP contribution in [-0.4, -0.2) is 22.9 Å². The largest absolute Gasteiger partial charge is 0.331 e. The molecular formula is C16H22N2O. The standard InChI is InChI=1S/C16H22N2O/c1-10-3-4-11(2)13(9-10)16-14(17)7-8-15(19)18(16)12-5-6-12/h3-4,9,12,14,16H,5-8,17H2,1-2H3. The van der Waals surface area contributed by atoms with Gasteiger partial charge in [-0.3, -0.25) is 4.79 Å². The van der Waals surface area contributed by atoms with Crippen molar-refractivity contribution in [3.8, 4) is 0 Å². The number of nitrogens with zero attached hydrogens (tertiary/aromatic N) is 1. The molecule has 1 amide bonds. The lowest BCUT2D eigenvalue weighted by molar-refractivity contribution is -0.138. The average molecular weight is 258 g/mol. The van der Waals surface area contributed by atoms with Crippen molar-refractivity contribution >= 4 is 5.91 Å². The maximum Gasteiger partial charge on any atom is 0.223 e. The summed E-state index contributed by atoms with van der Waals surface area (Å²) in [5.41, 5.74) is 10.1. The van der Waals surface area contributed by atoms with Gasteiger partial charge < -0.3 is 10.6 Å². The summed E-state index contributed by atoms with van der Waals surface area (Å²) in [6.45, 7) is 4.21. The van der Waals surface area contributed by atoms with Crippen LogP contribution in [-0.2, 0) is 4.79 Å². The van der Waals surface area contributed by atoms with Gasteiger partial charge in [-0.25, -0.2) is 0 Å². The number of rotatable bonds is 2. The maximum atomic E-state index is 12.3. The fourth-order valence-corrected chi connectivity index (χ4v) is 3.18. The van der Waals surface area contributed by atoms with Crippen LogP contribution < -0.4 is 5.73 Å². The number of hydrogen-bond donors (Lipinski definition) is 1. The highest BCUT2D eigenvalue weighted by atomic mass is 16.2. The Balaban J connectivity index is 2.02. The Labute approximate surface area is 114 Å². The maximum absolute atomic E-state index is 12.3. The van der Waals surface area contributed by atoms with Crippen LogP contribution in [0, 0.1) is 13.8 Å². The van der Waals surface area contributed by atoms with Gasteiger partial charge in [0.25, 0.3) is 0 Å². The third-order valence-electron chi connectivity index (χ3n) is 4.38. The molecule has 2 N–H and O–H groups in total. The van der Waals surface area contributed by atoms with Gasteiger partial charge in [0.1, 0.15) is 0 Å². The first-order valence-electron chi connectivity index (χ1n) is 7.22. The summed E-state index contributed by atoms with van der Waals surface area (Å²) in [4.78, 5) is 14.4. The molecule has 2 unspecified atom stereocenters. The molecular weight excluding hydrogens is 236 g/mol. The van der Waals surface area contributed by atoms with Crippen molar-refractivity contribution < 1.29 is 4.79 Å². The lowest BCUT2D eigenvalue weighted by Crippen LogP contribution is -2.50. The number of carbonyl (C=O) groups excluding carboxylic acids is 1. The van der Waals surface area contributed by atoms with Gasteiger partial charge in [-0.1, -0.05) is 23.8 Å². The molecule has 3 heteroatoms. The van der Waals surface area contributed by atoms with Gasteiger partial charge >= 0.3 is 0 Å². The van der Waals surface area contributed by atoms with Crippen LogP contribution in [0.1, 0.15) is 48.4 Å². The Hall–Kier alpha value is -1.35. The molecule has 2 atom stereocenters. The lowest BCUT2D eigenvalue weighted by atomic mass is 9.87. The Morgan fingerprint density at radius 3 is 2.63 bits per heavy atom. The van der Waals surface area contributed by atoms with Gasteiger partial charge in [-0.05, 0) is 44.2 Å². The van der Waals surface area contributed by atoms with E-state index in [2.05, 4.69) is 36.9 Å². The third-order valence-corrected chi connectivity index (χ3v) is 4.38. The summed E-state index contributed by atoms with van der Waals surface area (Å²) in [6.07, 6.45) is 3.69. The highest BCUT2D eigenvalue weighted by Crippen LogP contribution is 2.40. The molecule has 0 spiro atoms. The molecule has 1 aliphatic heterocycles. The summed E-state index contributed by atoms with van der Waals surface area (Å²) in [7, 11) is 0. The molecule has 1 aromatic carbocycles.